The molecule has 1 unspecified atom stereocenters. The van der Waals surface area contributed by atoms with Crippen molar-refractivity contribution in [1.82, 2.24) is 4.90 Å². The summed E-state index contributed by atoms with van der Waals surface area (Å²) in [6.07, 6.45) is 0.353. The Morgan fingerprint density at radius 3 is 3.00 bits per heavy atom. The lowest BCUT2D eigenvalue weighted by molar-refractivity contribution is -0.134. The van der Waals surface area contributed by atoms with Crippen molar-refractivity contribution >= 4 is 5.91 Å². The Bertz CT molecular complexity index is 149. The van der Waals surface area contributed by atoms with Crippen LogP contribution in [0.4, 0.5) is 0 Å². The average molecular weight is 159 g/mol. The van der Waals surface area contributed by atoms with E-state index in [9.17, 15) is 4.79 Å². The third-order valence-electron chi connectivity index (χ3n) is 1.78. The summed E-state index contributed by atoms with van der Waals surface area (Å²) in [5.41, 5.74) is 0. The van der Waals surface area contributed by atoms with Gasteiger partial charge in [0, 0.05) is 20.2 Å². The Balaban J connectivity index is 2.31. The predicted molar refractivity (Wildman–Crippen MR) is 39.1 cm³/mol. The average Bonchev–Trinajstić information content (AvgIpc) is 2.36. The van der Waals surface area contributed by atoms with Crippen LogP contribution >= 0.6 is 0 Å². The lowest BCUT2D eigenvalue weighted by Gasteiger charge is -2.13. The van der Waals surface area contributed by atoms with Gasteiger partial charge in [0.2, 0.25) is 5.91 Å². The highest BCUT2D eigenvalue weighted by molar-refractivity contribution is 5.77. The second-order valence-electron chi connectivity index (χ2n) is 2.72. The number of rotatable bonds is 2. The fourth-order valence-corrected chi connectivity index (χ4v) is 1.18. The Kier molecular flexibility index (Phi) is 2.84. The second-order valence-corrected chi connectivity index (χ2v) is 2.72. The monoisotopic (exact) mass is 159 g/mol. The Morgan fingerprint density at radius 2 is 2.55 bits per heavy atom. The molecule has 0 aromatic carbocycles. The van der Waals surface area contributed by atoms with Crippen LogP contribution in [0.5, 0.6) is 0 Å². The van der Waals surface area contributed by atoms with Crippen LogP contribution in [0.15, 0.2) is 0 Å². The molecule has 0 spiro atoms. The number of amides is 1. The van der Waals surface area contributed by atoms with E-state index in [0.29, 0.717) is 19.5 Å². The van der Waals surface area contributed by atoms with Gasteiger partial charge in [0.1, 0.15) is 6.61 Å². The van der Waals surface area contributed by atoms with Gasteiger partial charge in [-0.05, 0) is 6.42 Å². The summed E-state index contributed by atoms with van der Waals surface area (Å²) in [5, 5.41) is 9.08. The number of hydrogen-bond acceptors (Lipinski definition) is 3. The van der Waals surface area contributed by atoms with Crippen LogP contribution in [0.25, 0.3) is 0 Å². The van der Waals surface area contributed by atoms with Gasteiger partial charge in [-0.25, -0.2) is 0 Å². The second kappa shape index (κ2) is 3.69. The normalized spacial score (nSPS) is 24.2. The highest BCUT2D eigenvalue weighted by Crippen LogP contribution is 2.08. The van der Waals surface area contributed by atoms with Crippen LogP contribution in [0, 0.1) is 0 Å². The van der Waals surface area contributed by atoms with Crippen LogP contribution in [-0.2, 0) is 9.53 Å². The summed E-state index contributed by atoms with van der Waals surface area (Å²) in [7, 11) is 1.49. The molecule has 0 saturated carbocycles. The molecule has 1 aliphatic rings. The maximum absolute atomic E-state index is 11.1. The van der Waals surface area contributed by atoms with E-state index < -0.39 is 0 Å². The molecular weight excluding hydrogens is 146 g/mol. The highest BCUT2D eigenvalue weighted by atomic mass is 16.5. The number of β-amino-alcohol motifs (C(OH)–C–C–N with tert-alkyl or cyclic N) is 1. The minimum absolute atomic E-state index is 0.0379. The van der Waals surface area contributed by atoms with Gasteiger partial charge in [-0.3, -0.25) is 4.79 Å². The van der Waals surface area contributed by atoms with E-state index in [-0.39, 0.29) is 18.6 Å². The van der Waals surface area contributed by atoms with Crippen LogP contribution < -0.4 is 0 Å². The van der Waals surface area contributed by atoms with Gasteiger partial charge in [0.15, 0.2) is 0 Å². The first-order chi connectivity index (χ1) is 5.24. The summed E-state index contributed by atoms with van der Waals surface area (Å²) in [6, 6.07) is 0. The Hall–Kier alpha value is -0.610. The van der Waals surface area contributed by atoms with Gasteiger partial charge in [-0.2, -0.15) is 0 Å². The summed E-state index contributed by atoms with van der Waals surface area (Å²) in [4.78, 5) is 12.7. The van der Waals surface area contributed by atoms with Gasteiger partial charge >= 0.3 is 0 Å². The molecule has 1 heterocycles. The number of aliphatic hydroxyl groups excluding tert-OH is 1. The fraction of sp³-hybridized carbons (Fsp3) is 0.857. The molecule has 4 nitrogen and oxygen atoms in total. The van der Waals surface area contributed by atoms with E-state index in [1.165, 1.54) is 7.11 Å². The smallest absolute Gasteiger partial charge is 0.248 e. The van der Waals surface area contributed by atoms with E-state index in [0.717, 1.165) is 0 Å². The first-order valence-corrected chi connectivity index (χ1v) is 3.69. The molecule has 11 heavy (non-hydrogen) atoms. The molecule has 1 N–H and O–H groups in total. The van der Waals surface area contributed by atoms with Crippen molar-refractivity contribution in [2.24, 2.45) is 0 Å². The zero-order valence-electron chi connectivity index (χ0n) is 6.62. The standard InChI is InChI=1S/C7H13NO3/c1-11-5-7(10)8-3-2-6(9)4-8/h6,9H,2-5H2,1H3. The maximum Gasteiger partial charge on any atom is 0.248 e. The van der Waals surface area contributed by atoms with Crippen LogP contribution in [0.3, 0.4) is 0 Å². The quantitative estimate of drug-likeness (QED) is 0.575. The largest absolute Gasteiger partial charge is 0.391 e. The minimum atomic E-state index is -0.337. The summed E-state index contributed by atoms with van der Waals surface area (Å²) in [6.45, 7) is 1.23. The maximum atomic E-state index is 11.1. The molecule has 4 heteroatoms. The van der Waals surface area contributed by atoms with Crippen molar-refractivity contribution in [3.05, 3.63) is 0 Å². The molecule has 1 saturated heterocycles. The number of ether oxygens (including phenoxy) is 1. The molecular formula is C7H13NO3. The lowest BCUT2D eigenvalue weighted by Crippen LogP contribution is -2.32. The third-order valence-corrected chi connectivity index (χ3v) is 1.78. The molecule has 1 amide bonds. The number of carbonyl (C=O) groups is 1. The molecule has 0 aromatic heterocycles. The summed E-state index contributed by atoms with van der Waals surface area (Å²) >= 11 is 0. The number of hydrogen-bond donors (Lipinski definition) is 1. The molecule has 0 aliphatic carbocycles. The first-order valence-electron chi connectivity index (χ1n) is 3.69. The van der Waals surface area contributed by atoms with E-state index in [2.05, 4.69) is 4.74 Å². The zero-order valence-corrected chi connectivity index (χ0v) is 6.62. The first kappa shape index (κ1) is 8.49. The molecule has 0 bridgehead atoms. The lowest BCUT2D eigenvalue weighted by atomic mass is 10.3. The van der Waals surface area contributed by atoms with Crippen molar-refractivity contribution in [3.63, 3.8) is 0 Å². The topological polar surface area (TPSA) is 49.8 Å². The van der Waals surface area contributed by atoms with Gasteiger partial charge < -0.3 is 14.7 Å². The van der Waals surface area contributed by atoms with E-state index in [1.807, 2.05) is 0 Å². The molecule has 0 aromatic rings. The fourth-order valence-electron chi connectivity index (χ4n) is 1.18. The van der Waals surface area contributed by atoms with Crippen molar-refractivity contribution in [2.45, 2.75) is 12.5 Å². The molecule has 64 valence electrons. The van der Waals surface area contributed by atoms with Crippen molar-refractivity contribution in [3.8, 4) is 0 Å². The van der Waals surface area contributed by atoms with Crippen LogP contribution in [0.2, 0.25) is 0 Å². The number of methoxy groups -OCH3 is 1. The van der Waals surface area contributed by atoms with Gasteiger partial charge in [-0.15, -0.1) is 0 Å². The minimum Gasteiger partial charge on any atom is -0.391 e. The Labute approximate surface area is 65.8 Å². The number of carbonyl (C=O) groups excluding carboxylic acids is 1. The summed E-state index contributed by atoms with van der Waals surface area (Å²) < 4.78 is 4.68. The molecule has 1 fully saturated rings. The van der Waals surface area contributed by atoms with Crippen LogP contribution in [-0.4, -0.2) is 48.8 Å². The molecule has 1 aliphatic heterocycles. The predicted octanol–water partition coefficient (Wildman–Crippen LogP) is -0.774. The SMILES string of the molecule is COCC(=O)N1CCC(O)C1. The molecule has 1 atom stereocenters. The van der Waals surface area contributed by atoms with Gasteiger partial charge in [-0.1, -0.05) is 0 Å². The van der Waals surface area contributed by atoms with Gasteiger partial charge in [0.05, 0.1) is 6.10 Å². The zero-order chi connectivity index (χ0) is 8.27. The molecule has 0 radical (unpaired) electrons. The summed E-state index contributed by atoms with van der Waals surface area (Å²) in [5.74, 6) is -0.0379. The third kappa shape index (κ3) is 2.17. The van der Waals surface area contributed by atoms with Crippen molar-refractivity contribution < 1.29 is 14.6 Å². The van der Waals surface area contributed by atoms with Gasteiger partial charge in [0.25, 0.3) is 0 Å². The highest BCUT2D eigenvalue weighted by Gasteiger charge is 2.23. The number of nitrogens with zero attached hydrogens (tertiary/aromatic N) is 1. The molecule has 1 rings (SSSR count). The Morgan fingerprint density at radius 1 is 1.82 bits per heavy atom. The van der Waals surface area contributed by atoms with Crippen molar-refractivity contribution in [2.75, 3.05) is 26.8 Å². The number of likely N-dealkylation sites (tertiary alicyclic amines) is 1. The van der Waals surface area contributed by atoms with E-state index in [4.69, 9.17) is 5.11 Å². The van der Waals surface area contributed by atoms with E-state index >= 15 is 0 Å². The number of aliphatic hydroxyl groups is 1. The van der Waals surface area contributed by atoms with E-state index in [1.54, 1.807) is 4.90 Å². The van der Waals surface area contributed by atoms with Crippen LogP contribution in [0.1, 0.15) is 6.42 Å². The van der Waals surface area contributed by atoms with Crippen molar-refractivity contribution in [1.29, 1.82) is 0 Å².